The predicted octanol–water partition coefficient (Wildman–Crippen LogP) is 2.88. The Hall–Kier alpha value is -1.88. The van der Waals surface area contributed by atoms with Gasteiger partial charge in [0.1, 0.15) is 5.82 Å². The number of benzene rings is 1. The lowest BCUT2D eigenvalue weighted by molar-refractivity contribution is 0.248. The van der Waals surface area contributed by atoms with Gasteiger partial charge < -0.3 is 15.7 Å². The molecule has 0 amide bonds. The summed E-state index contributed by atoms with van der Waals surface area (Å²) in [6, 6.07) is 7.98. The monoisotopic (exact) mass is 288 g/mol. The topological polar surface area (TPSA) is 70.1 Å². The number of hydrogen-bond acceptors (Lipinski definition) is 5. The van der Waals surface area contributed by atoms with Gasteiger partial charge in [0.15, 0.2) is 0 Å². The zero-order valence-electron chi connectivity index (χ0n) is 13.0. The van der Waals surface area contributed by atoms with E-state index in [0.717, 1.165) is 36.1 Å². The molecule has 114 valence electrons. The van der Waals surface area contributed by atoms with Crippen LogP contribution in [-0.4, -0.2) is 35.3 Å². The highest BCUT2D eigenvalue weighted by atomic mass is 16.2. The van der Waals surface area contributed by atoms with Gasteiger partial charge in [-0.25, -0.2) is 4.98 Å². The summed E-state index contributed by atoms with van der Waals surface area (Å²) in [5.74, 6) is 1.46. The van der Waals surface area contributed by atoms with Crippen LogP contribution in [0.15, 0.2) is 24.3 Å². The van der Waals surface area contributed by atoms with Gasteiger partial charge in [-0.05, 0) is 30.4 Å². The Morgan fingerprint density at radius 3 is 2.67 bits per heavy atom. The molecule has 0 aliphatic heterocycles. The third-order valence-electron chi connectivity index (χ3n) is 3.57. The second-order valence-corrected chi connectivity index (χ2v) is 6.01. The number of fused-ring (bicyclic) bond motifs is 1. The number of aliphatic hydroxyl groups excluding tert-OH is 1. The zero-order chi connectivity index (χ0) is 15.3. The van der Waals surface area contributed by atoms with Gasteiger partial charge >= 0.3 is 0 Å². The Kier molecular flexibility index (Phi) is 4.96. The maximum atomic E-state index is 8.98. The van der Waals surface area contributed by atoms with E-state index in [9.17, 15) is 0 Å². The van der Waals surface area contributed by atoms with E-state index in [1.54, 1.807) is 0 Å². The average molecular weight is 288 g/mol. The molecule has 5 heteroatoms. The molecule has 0 saturated heterocycles. The lowest BCUT2D eigenvalue weighted by Gasteiger charge is -2.25. The minimum Gasteiger partial charge on any atom is -0.396 e. The summed E-state index contributed by atoms with van der Waals surface area (Å²) in [7, 11) is 1.82. The third kappa shape index (κ3) is 4.04. The number of nitrogens with zero attached hydrogens (tertiary/aromatic N) is 2. The van der Waals surface area contributed by atoms with Crippen LogP contribution < -0.4 is 10.6 Å². The normalized spacial score (nSPS) is 11.6. The van der Waals surface area contributed by atoms with E-state index < -0.39 is 0 Å². The van der Waals surface area contributed by atoms with E-state index >= 15 is 0 Å². The van der Waals surface area contributed by atoms with Crippen molar-refractivity contribution in [2.45, 2.75) is 26.7 Å². The first kappa shape index (κ1) is 15.5. The first-order valence-corrected chi connectivity index (χ1v) is 7.35. The molecule has 0 radical (unpaired) electrons. The van der Waals surface area contributed by atoms with Gasteiger partial charge in [-0.15, -0.1) is 0 Å². The van der Waals surface area contributed by atoms with E-state index in [1.807, 2.05) is 31.3 Å². The van der Waals surface area contributed by atoms with Crippen LogP contribution in [0.25, 0.3) is 10.9 Å². The highest BCUT2D eigenvalue weighted by Gasteiger charge is 2.18. The van der Waals surface area contributed by atoms with E-state index in [2.05, 4.69) is 34.4 Å². The molecule has 0 atom stereocenters. The third-order valence-corrected chi connectivity index (χ3v) is 3.57. The van der Waals surface area contributed by atoms with Gasteiger partial charge in [0.2, 0.25) is 5.95 Å². The molecular formula is C16H24N4O. The highest BCUT2D eigenvalue weighted by molar-refractivity contribution is 5.89. The van der Waals surface area contributed by atoms with Gasteiger partial charge in [0.05, 0.1) is 5.52 Å². The number of nitrogens with one attached hydrogen (secondary N) is 2. The summed E-state index contributed by atoms with van der Waals surface area (Å²) in [4.78, 5) is 8.97. The SMILES string of the molecule is CNc1nc(NCC(C)(C)CCCO)c2ccccc2n1. The summed E-state index contributed by atoms with van der Waals surface area (Å²) < 4.78 is 0. The zero-order valence-corrected chi connectivity index (χ0v) is 13.0. The minimum absolute atomic E-state index is 0.106. The Bertz CT molecular complexity index is 598. The van der Waals surface area contributed by atoms with Gasteiger partial charge in [0.25, 0.3) is 0 Å². The minimum atomic E-state index is 0.106. The predicted molar refractivity (Wildman–Crippen MR) is 87.7 cm³/mol. The molecule has 0 aliphatic rings. The lowest BCUT2D eigenvalue weighted by Crippen LogP contribution is -2.24. The van der Waals surface area contributed by atoms with Crippen LogP contribution in [-0.2, 0) is 0 Å². The molecule has 3 N–H and O–H groups in total. The van der Waals surface area contributed by atoms with Crippen LogP contribution in [0.5, 0.6) is 0 Å². The molecule has 1 aromatic heterocycles. The molecule has 0 aliphatic carbocycles. The van der Waals surface area contributed by atoms with Crippen molar-refractivity contribution in [3.05, 3.63) is 24.3 Å². The summed E-state index contributed by atoms with van der Waals surface area (Å²) in [5.41, 5.74) is 1.03. The van der Waals surface area contributed by atoms with Gasteiger partial charge in [-0.2, -0.15) is 4.98 Å². The maximum absolute atomic E-state index is 8.98. The largest absolute Gasteiger partial charge is 0.396 e. The molecule has 0 unspecified atom stereocenters. The van der Waals surface area contributed by atoms with Crippen molar-refractivity contribution in [3.8, 4) is 0 Å². The van der Waals surface area contributed by atoms with Crippen LogP contribution in [0.1, 0.15) is 26.7 Å². The van der Waals surface area contributed by atoms with Crippen molar-refractivity contribution in [3.63, 3.8) is 0 Å². The van der Waals surface area contributed by atoms with Gasteiger partial charge in [0, 0.05) is 25.6 Å². The molecule has 0 fully saturated rings. The van der Waals surface area contributed by atoms with E-state index in [1.165, 1.54) is 0 Å². The number of aliphatic hydroxyl groups is 1. The Morgan fingerprint density at radius 1 is 1.19 bits per heavy atom. The van der Waals surface area contributed by atoms with Crippen LogP contribution in [0.2, 0.25) is 0 Å². The van der Waals surface area contributed by atoms with Crippen molar-refractivity contribution in [2.75, 3.05) is 30.8 Å². The van der Waals surface area contributed by atoms with Crippen molar-refractivity contribution in [1.82, 2.24) is 9.97 Å². The summed E-state index contributed by atoms with van der Waals surface area (Å²) >= 11 is 0. The fraction of sp³-hybridized carbons (Fsp3) is 0.500. The van der Waals surface area contributed by atoms with E-state index in [4.69, 9.17) is 5.11 Å². The molecular weight excluding hydrogens is 264 g/mol. The number of para-hydroxylation sites is 1. The van der Waals surface area contributed by atoms with Crippen molar-refractivity contribution in [1.29, 1.82) is 0 Å². The molecule has 0 saturated carbocycles. The van der Waals surface area contributed by atoms with Crippen LogP contribution >= 0.6 is 0 Å². The number of anilines is 2. The maximum Gasteiger partial charge on any atom is 0.224 e. The Morgan fingerprint density at radius 2 is 1.95 bits per heavy atom. The molecule has 21 heavy (non-hydrogen) atoms. The van der Waals surface area contributed by atoms with Crippen molar-refractivity contribution in [2.24, 2.45) is 5.41 Å². The number of rotatable bonds is 7. The van der Waals surface area contributed by atoms with Crippen LogP contribution in [0, 0.1) is 5.41 Å². The first-order chi connectivity index (χ1) is 10.1. The van der Waals surface area contributed by atoms with Crippen molar-refractivity contribution >= 4 is 22.7 Å². The second kappa shape index (κ2) is 6.72. The molecule has 5 nitrogen and oxygen atoms in total. The van der Waals surface area contributed by atoms with E-state index in [-0.39, 0.29) is 12.0 Å². The van der Waals surface area contributed by atoms with Gasteiger partial charge in [-0.1, -0.05) is 26.0 Å². The quantitative estimate of drug-likeness (QED) is 0.731. The Labute approximate surface area is 125 Å². The second-order valence-electron chi connectivity index (χ2n) is 6.01. The number of aromatic nitrogens is 2. The van der Waals surface area contributed by atoms with Crippen molar-refractivity contribution < 1.29 is 5.11 Å². The Balaban J connectivity index is 2.21. The lowest BCUT2D eigenvalue weighted by atomic mass is 9.88. The standard InChI is InChI=1S/C16H24N4O/c1-16(2,9-6-10-21)11-18-14-12-7-4-5-8-13(12)19-15(17-3)20-14/h4-5,7-8,21H,6,9-11H2,1-3H3,(H2,17,18,19,20). The molecule has 1 heterocycles. The highest BCUT2D eigenvalue weighted by Crippen LogP contribution is 2.26. The molecule has 0 bridgehead atoms. The average Bonchev–Trinajstić information content (AvgIpc) is 2.50. The molecule has 2 rings (SSSR count). The number of hydrogen-bond donors (Lipinski definition) is 3. The van der Waals surface area contributed by atoms with E-state index in [0.29, 0.717) is 5.95 Å². The summed E-state index contributed by atoms with van der Waals surface area (Å²) in [6.45, 7) is 5.43. The van der Waals surface area contributed by atoms with Crippen LogP contribution in [0.4, 0.5) is 11.8 Å². The molecule has 1 aromatic carbocycles. The summed E-state index contributed by atoms with van der Waals surface area (Å²) in [5, 5.41) is 16.4. The molecule has 2 aromatic rings. The fourth-order valence-corrected chi connectivity index (χ4v) is 2.29. The van der Waals surface area contributed by atoms with Gasteiger partial charge in [-0.3, -0.25) is 0 Å². The first-order valence-electron chi connectivity index (χ1n) is 7.35. The summed E-state index contributed by atoms with van der Waals surface area (Å²) in [6.07, 6.45) is 1.79. The fourth-order valence-electron chi connectivity index (χ4n) is 2.29. The molecule has 0 spiro atoms. The smallest absolute Gasteiger partial charge is 0.224 e. The van der Waals surface area contributed by atoms with Crippen LogP contribution in [0.3, 0.4) is 0 Å².